The van der Waals surface area contributed by atoms with Crippen LogP contribution in [0.2, 0.25) is 0 Å². The minimum Gasteiger partial charge on any atom is -0.395 e. The second kappa shape index (κ2) is 20.4. The predicted octanol–water partition coefficient (Wildman–Crippen LogP) is -3.14. The van der Waals surface area contributed by atoms with Crippen molar-refractivity contribution in [2.75, 3.05) is 119 Å². The number of likely N-dealkylation sites (N-methyl/N-ethyl adjacent to an activating group) is 2. The van der Waals surface area contributed by atoms with E-state index in [4.69, 9.17) is 5.73 Å². The first-order valence-electron chi connectivity index (χ1n) is 10.3. The monoisotopic (exact) mass is 391 g/mol. The Bertz CT molecular complexity index is 301. The molecular weight excluding hydrogens is 346 g/mol. The lowest BCUT2D eigenvalue weighted by atomic mass is 10.3. The molecule has 0 aromatic rings. The van der Waals surface area contributed by atoms with Crippen LogP contribution in [-0.2, 0) is 0 Å². The molecule has 9 nitrogen and oxygen atoms in total. The highest BCUT2D eigenvalue weighted by atomic mass is 16.3. The molecule has 0 spiro atoms. The molecule has 0 aromatic heterocycles. The summed E-state index contributed by atoms with van der Waals surface area (Å²) in [5, 5.41) is 28.3. The Labute approximate surface area is 166 Å². The van der Waals surface area contributed by atoms with Crippen LogP contribution in [0.1, 0.15) is 0 Å². The van der Waals surface area contributed by atoms with E-state index in [9.17, 15) is 10.2 Å². The van der Waals surface area contributed by atoms with Gasteiger partial charge in [0.2, 0.25) is 0 Å². The molecule has 7 N–H and O–H groups in total. The number of nitrogens with one attached hydrogen (secondary N) is 3. The van der Waals surface area contributed by atoms with E-state index in [-0.39, 0.29) is 13.2 Å². The summed E-state index contributed by atoms with van der Waals surface area (Å²) >= 11 is 0. The van der Waals surface area contributed by atoms with Gasteiger partial charge in [-0.1, -0.05) is 0 Å². The fourth-order valence-corrected chi connectivity index (χ4v) is 2.89. The van der Waals surface area contributed by atoms with Crippen LogP contribution in [0.5, 0.6) is 0 Å². The Morgan fingerprint density at radius 1 is 0.593 bits per heavy atom. The molecule has 0 bridgehead atoms. The molecular formula is C18H45N7O2. The number of hydrogen-bond donors (Lipinski definition) is 6. The first-order chi connectivity index (χ1) is 13.2. The van der Waals surface area contributed by atoms with Gasteiger partial charge in [0.05, 0.1) is 13.2 Å². The molecule has 164 valence electrons. The minimum absolute atomic E-state index is 0.171. The highest BCUT2D eigenvalue weighted by Crippen LogP contribution is 1.93. The maximum absolute atomic E-state index is 9.31. The van der Waals surface area contributed by atoms with Gasteiger partial charge in [0.1, 0.15) is 0 Å². The Kier molecular flexibility index (Phi) is 20.1. The van der Waals surface area contributed by atoms with Crippen molar-refractivity contribution in [3.8, 4) is 0 Å². The molecule has 0 rings (SSSR count). The third-order valence-electron chi connectivity index (χ3n) is 4.58. The van der Waals surface area contributed by atoms with E-state index in [0.29, 0.717) is 19.6 Å². The van der Waals surface area contributed by atoms with E-state index in [2.05, 4.69) is 30.7 Å². The van der Waals surface area contributed by atoms with Crippen molar-refractivity contribution in [3.63, 3.8) is 0 Å². The average molecular weight is 392 g/mol. The van der Waals surface area contributed by atoms with E-state index in [0.717, 1.165) is 72.0 Å². The highest BCUT2D eigenvalue weighted by molar-refractivity contribution is 4.67. The number of nitrogens with two attached hydrogens (primary N) is 1. The van der Waals surface area contributed by atoms with Gasteiger partial charge in [-0.15, -0.1) is 0 Å². The quantitative estimate of drug-likeness (QED) is 0.113. The molecule has 0 heterocycles. The minimum atomic E-state index is 0.171. The third-order valence-corrected chi connectivity index (χ3v) is 4.58. The van der Waals surface area contributed by atoms with Crippen molar-refractivity contribution in [3.05, 3.63) is 0 Å². The van der Waals surface area contributed by atoms with Gasteiger partial charge in [-0.3, -0.25) is 14.7 Å². The van der Waals surface area contributed by atoms with E-state index < -0.39 is 0 Å². The van der Waals surface area contributed by atoms with E-state index >= 15 is 0 Å². The number of nitrogens with zero attached hydrogens (tertiary/aromatic N) is 3. The topological polar surface area (TPSA) is 112 Å². The zero-order valence-corrected chi connectivity index (χ0v) is 17.6. The summed E-state index contributed by atoms with van der Waals surface area (Å²) in [4.78, 5) is 6.89. The smallest absolute Gasteiger partial charge is 0.0558 e. The standard InChI is InChI=1S/C18H45N7O2/c1-20-4-9-23(8-3-19)11-6-22-7-12-25(16-18-27)14-13-24(15-17-26)10-5-21-2/h20-22,26-27H,3-19H2,1-2H3. The normalized spacial score (nSPS) is 12.0. The van der Waals surface area contributed by atoms with Crippen LogP contribution in [0.25, 0.3) is 0 Å². The third kappa shape index (κ3) is 16.3. The summed E-state index contributed by atoms with van der Waals surface area (Å²) in [5.74, 6) is 0. The molecule has 0 aliphatic carbocycles. The molecule has 0 aromatic carbocycles. The molecule has 27 heavy (non-hydrogen) atoms. The van der Waals surface area contributed by atoms with Crippen molar-refractivity contribution in [2.45, 2.75) is 0 Å². The van der Waals surface area contributed by atoms with Gasteiger partial charge in [-0.05, 0) is 14.1 Å². The van der Waals surface area contributed by atoms with Crippen LogP contribution < -0.4 is 21.7 Å². The summed E-state index contributed by atoms with van der Waals surface area (Å²) in [7, 11) is 3.91. The largest absolute Gasteiger partial charge is 0.395 e. The zero-order valence-electron chi connectivity index (χ0n) is 17.6. The molecule has 0 fully saturated rings. The van der Waals surface area contributed by atoms with E-state index in [1.165, 1.54) is 0 Å². The van der Waals surface area contributed by atoms with Gasteiger partial charge in [0, 0.05) is 91.6 Å². The number of aliphatic hydroxyl groups excluding tert-OH is 2. The molecule has 0 saturated heterocycles. The van der Waals surface area contributed by atoms with E-state index in [1.54, 1.807) is 0 Å². The Morgan fingerprint density at radius 3 is 1.37 bits per heavy atom. The molecule has 0 aliphatic rings. The lowest BCUT2D eigenvalue weighted by molar-refractivity contribution is 0.152. The van der Waals surface area contributed by atoms with Crippen LogP contribution in [0.3, 0.4) is 0 Å². The van der Waals surface area contributed by atoms with Crippen molar-refractivity contribution < 1.29 is 10.2 Å². The molecule has 9 heteroatoms. The number of rotatable bonds is 21. The van der Waals surface area contributed by atoms with Gasteiger partial charge in [-0.2, -0.15) is 0 Å². The molecule has 0 aliphatic heterocycles. The van der Waals surface area contributed by atoms with Gasteiger partial charge < -0.3 is 31.9 Å². The Hall–Kier alpha value is -0.360. The van der Waals surface area contributed by atoms with Gasteiger partial charge in [0.25, 0.3) is 0 Å². The van der Waals surface area contributed by atoms with Crippen molar-refractivity contribution in [2.24, 2.45) is 5.73 Å². The predicted molar refractivity (Wildman–Crippen MR) is 113 cm³/mol. The fourth-order valence-electron chi connectivity index (χ4n) is 2.89. The second-order valence-corrected chi connectivity index (χ2v) is 6.72. The number of hydrogen-bond acceptors (Lipinski definition) is 9. The fraction of sp³-hybridized carbons (Fsp3) is 1.00. The van der Waals surface area contributed by atoms with Crippen molar-refractivity contribution >= 4 is 0 Å². The van der Waals surface area contributed by atoms with Gasteiger partial charge >= 0.3 is 0 Å². The van der Waals surface area contributed by atoms with Crippen molar-refractivity contribution in [1.29, 1.82) is 0 Å². The van der Waals surface area contributed by atoms with E-state index in [1.807, 2.05) is 14.1 Å². The SMILES string of the molecule is CNCCN(CCN)CCNCCN(CCO)CCN(CCO)CCNC. The Balaban J connectivity index is 4.04. The second-order valence-electron chi connectivity index (χ2n) is 6.72. The highest BCUT2D eigenvalue weighted by Gasteiger charge is 2.09. The van der Waals surface area contributed by atoms with Crippen LogP contribution >= 0.6 is 0 Å². The lowest BCUT2D eigenvalue weighted by Crippen LogP contribution is -2.43. The molecule has 0 saturated carbocycles. The molecule has 0 unspecified atom stereocenters. The summed E-state index contributed by atoms with van der Waals surface area (Å²) in [6, 6.07) is 0. The first kappa shape index (κ1) is 26.6. The molecule has 0 amide bonds. The summed E-state index contributed by atoms with van der Waals surface area (Å²) in [5.41, 5.74) is 5.68. The van der Waals surface area contributed by atoms with Crippen molar-refractivity contribution in [1.82, 2.24) is 30.7 Å². The first-order valence-corrected chi connectivity index (χ1v) is 10.3. The van der Waals surface area contributed by atoms with Gasteiger partial charge in [0.15, 0.2) is 0 Å². The Morgan fingerprint density at radius 2 is 1.00 bits per heavy atom. The van der Waals surface area contributed by atoms with Gasteiger partial charge in [-0.25, -0.2) is 0 Å². The zero-order chi connectivity index (χ0) is 20.2. The average Bonchev–Trinajstić information content (AvgIpc) is 2.67. The molecule has 0 atom stereocenters. The maximum atomic E-state index is 9.31. The summed E-state index contributed by atoms with van der Waals surface area (Å²) in [6.45, 7) is 12.7. The summed E-state index contributed by atoms with van der Waals surface area (Å²) < 4.78 is 0. The van der Waals surface area contributed by atoms with Crippen LogP contribution in [-0.4, -0.2) is 144 Å². The van der Waals surface area contributed by atoms with Crippen LogP contribution in [0.15, 0.2) is 0 Å². The summed E-state index contributed by atoms with van der Waals surface area (Å²) in [6.07, 6.45) is 0. The maximum Gasteiger partial charge on any atom is 0.0558 e. The lowest BCUT2D eigenvalue weighted by Gasteiger charge is -2.27. The van der Waals surface area contributed by atoms with Crippen LogP contribution in [0, 0.1) is 0 Å². The number of aliphatic hydroxyl groups is 2. The molecule has 0 radical (unpaired) electrons. The van der Waals surface area contributed by atoms with Crippen LogP contribution in [0.4, 0.5) is 0 Å².